The Bertz CT molecular complexity index is 705. The van der Waals surface area contributed by atoms with Crippen LogP contribution in [0.4, 0.5) is 26.3 Å². The number of halogens is 6. The standard InChI is InChI=1S/C17H23F6N3OS/c1-15(2,3)28(27)25-16(10-18,11-7-6-8-12(19)14(11)20)9-13(17(21,22)23)24-26(4)5/h6-8,25H,9-10H2,1-5H3/b24-13-/t16-,28?/m1/s1. The molecule has 160 valence electrons. The summed E-state index contributed by atoms with van der Waals surface area (Å²) in [6.45, 7) is 2.91. The van der Waals surface area contributed by atoms with E-state index in [0.29, 0.717) is 0 Å². The molecule has 28 heavy (non-hydrogen) atoms. The molecule has 4 nitrogen and oxygen atoms in total. The zero-order valence-corrected chi connectivity index (χ0v) is 16.9. The van der Waals surface area contributed by atoms with Crippen LogP contribution in [0, 0.1) is 11.6 Å². The molecular formula is C17H23F6N3OS. The van der Waals surface area contributed by atoms with E-state index in [-0.39, 0.29) is 0 Å². The fraction of sp³-hybridized carbons (Fsp3) is 0.588. The Morgan fingerprint density at radius 3 is 2.18 bits per heavy atom. The first-order valence-electron chi connectivity index (χ1n) is 8.16. The van der Waals surface area contributed by atoms with Crippen molar-refractivity contribution in [3.05, 3.63) is 35.4 Å². The van der Waals surface area contributed by atoms with Crippen molar-refractivity contribution in [3.8, 4) is 0 Å². The average molecular weight is 431 g/mol. The number of rotatable bonds is 7. The van der Waals surface area contributed by atoms with E-state index in [2.05, 4.69) is 9.82 Å². The summed E-state index contributed by atoms with van der Waals surface area (Å²) in [4.78, 5) is 0. The van der Waals surface area contributed by atoms with Gasteiger partial charge >= 0.3 is 6.18 Å². The van der Waals surface area contributed by atoms with E-state index in [1.165, 1.54) is 34.9 Å². The highest BCUT2D eigenvalue weighted by Crippen LogP contribution is 2.35. The average Bonchev–Trinajstić information content (AvgIpc) is 2.53. The molecule has 1 aromatic carbocycles. The van der Waals surface area contributed by atoms with Gasteiger partial charge in [-0.15, -0.1) is 4.72 Å². The Morgan fingerprint density at radius 2 is 1.75 bits per heavy atom. The fourth-order valence-corrected chi connectivity index (χ4v) is 3.15. The topological polar surface area (TPSA) is 50.7 Å². The highest BCUT2D eigenvalue weighted by molar-refractivity contribution is 7.90. The van der Waals surface area contributed by atoms with E-state index in [1.807, 2.05) is 0 Å². The third-order valence-electron chi connectivity index (χ3n) is 3.66. The summed E-state index contributed by atoms with van der Waals surface area (Å²) in [5, 5.41) is 4.19. The lowest BCUT2D eigenvalue weighted by molar-refractivity contribution is -0.0631. The zero-order valence-electron chi connectivity index (χ0n) is 16.1. The van der Waals surface area contributed by atoms with Gasteiger partial charge < -0.3 is 9.56 Å². The molecular weight excluding hydrogens is 408 g/mol. The highest BCUT2D eigenvalue weighted by atomic mass is 32.2. The number of hydrogen-bond donors (Lipinski definition) is 1. The number of hydrogen-bond acceptors (Lipinski definition) is 4. The van der Waals surface area contributed by atoms with Crippen molar-refractivity contribution in [2.24, 2.45) is 5.10 Å². The van der Waals surface area contributed by atoms with Gasteiger partial charge in [0.05, 0.1) is 0 Å². The maximum atomic E-state index is 14.4. The van der Waals surface area contributed by atoms with Crippen LogP contribution >= 0.6 is 0 Å². The maximum absolute atomic E-state index is 14.4. The van der Waals surface area contributed by atoms with Crippen LogP contribution in [-0.4, -0.2) is 47.0 Å². The Hall–Kier alpha value is -1.46. The third kappa shape index (κ3) is 6.02. The third-order valence-corrected chi connectivity index (χ3v) is 5.35. The van der Waals surface area contributed by atoms with Gasteiger partial charge in [0.1, 0.15) is 22.7 Å². The van der Waals surface area contributed by atoms with Gasteiger partial charge in [-0.05, 0) is 26.8 Å². The van der Waals surface area contributed by atoms with Gasteiger partial charge in [0, 0.05) is 37.4 Å². The van der Waals surface area contributed by atoms with Crippen LogP contribution in [0.1, 0.15) is 32.8 Å². The molecule has 0 aliphatic rings. The molecule has 0 bridgehead atoms. The molecule has 0 amide bonds. The van der Waals surface area contributed by atoms with Crippen LogP contribution in [-0.2, 0) is 16.9 Å². The number of hydrazone groups is 1. The van der Waals surface area contributed by atoms with E-state index < -0.39 is 63.8 Å². The molecule has 1 rings (SSSR count). The lowest BCUT2D eigenvalue weighted by Gasteiger charge is -2.36. The first-order chi connectivity index (χ1) is 12.6. The Kier molecular flexibility index (Phi) is 7.82. The zero-order chi connectivity index (χ0) is 21.9. The first-order valence-corrected chi connectivity index (χ1v) is 9.31. The molecule has 0 spiro atoms. The molecule has 0 saturated carbocycles. The summed E-state index contributed by atoms with van der Waals surface area (Å²) in [5.41, 5.74) is -4.59. The summed E-state index contributed by atoms with van der Waals surface area (Å²) in [6, 6.07) is 2.74. The van der Waals surface area contributed by atoms with Gasteiger partial charge in [-0.1, -0.05) is 12.1 Å². The number of nitrogens with one attached hydrogen (secondary N) is 1. The maximum Gasteiger partial charge on any atom is 0.431 e. The van der Waals surface area contributed by atoms with E-state index in [9.17, 15) is 30.9 Å². The second kappa shape index (κ2) is 8.91. The largest absolute Gasteiger partial charge is 0.598 e. The van der Waals surface area contributed by atoms with Crippen LogP contribution in [0.5, 0.6) is 0 Å². The van der Waals surface area contributed by atoms with Crippen LogP contribution in [0.15, 0.2) is 23.3 Å². The Balaban J connectivity index is 3.64. The Morgan fingerprint density at radius 1 is 1.18 bits per heavy atom. The van der Waals surface area contributed by atoms with E-state index in [1.54, 1.807) is 0 Å². The molecule has 0 fully saturated rings. The summed E-state index contributed by atoms with van der Waals surface area (Å²) < 4.78 is 96.6. The van der Waals surface area contributed by atoms with Crippen molar-refractivity contribution in [2.75, 3.05) is 20.8 Å². The SMILES string of the molecule is CN(C)/N=C(/C[C@](CF)(N[S+]([O-])C(C)(C)C)c1cccc(F)c1F)C(F)(F)F. The lowest BCUT2D eigenvalue weighted by atomic mass is 9.86. The van der Waals surface area contributed by atoms with Gasteiger partial charge in [0.25, 0.3) is 0 Å². The van der Waals surface area contributed by atoms with Crippen molar-refractivity contribution in [3.63, 3.8) is 0 Å². The number of nitrogens with zero attached hydrogens (tertiary/aromatic N) is 2. The van der Waals surface area contributed by atoms with E-state index in [4.69, 9.17) is 0 Å². The second-order valence-electron chi connectivity index (χ2n) is 7.37. The normalized spacial score (nSPS) is 16.6. The first kappa shape index (κ1) is 24.6. The second-order valence-corrected chi connectivity index (χ2v) is 9.34. The van der Waals surface area contributed by atoms with Crippen LogP contribution in [0.25, 0.3) is 0 Å². The predicted octanol–water partition coefficient (Wildman–Crippen LogP) is 4.05. The van der Waals surface area contributed by atoms with E-state index >= 15 is 0 Å². The minimum absolute atomic E-state index is 0.705. The molecule has 0 radical (unpaired) electrons. The molecule has 0 aliphatic heterocycles. The molecule has 1 unspecified atom stereocenters. The molecule has 0 heterocycles. The lowest BCUT2D eigenvalue weighted by Crippen LogP contribution is -2.55. The van der Waals surface area contributed by atoms with Crippen molar-refractivity contribution >= 4 is 17.1 Å². The number of alkyl halides is 4. The van der Waals surface area contributed by atoms with Crippen LogP contribution in [0.3, 0.4) is 0 Å². The minimum Gasteiger partial charge on any atom is -0.598 e. The number of benzene rings is 1. The van der Waals surface area contributed by atoms with Crippen molar-refractivity contribution in [1.82, 2.24) is 9.73 Å². The fourth-order valence-electron chi connectivity index (χ4n) is 2.26. The molecule has 0 saturated heterocycles. The molecule has 1 aromatic rings. The van der Waals surface area contributed by atoms with Gasteiger partial charge in [-0.2, -0.15) is 18.3 Å². The highest BCUT2D eigenvalue weighted by Gasteiger charge is 2.49. The van der Waals surface area contributed by atoms with Crippen LogP contribution < -0.4 is 4.72 Å². The van der Waals surface area contributed by atoms with Gasteiger partial charge in [0.15, 0.2) is 11.6 Å². The van der Waals surface area contributed by atoms with Crippen molar-refractivity contribution in [2.45, 2.75) is 43.7 Å². The van der Waals surface area contributed by atoms with Gasteiger partial charge in [0.2, 0.25) is 0 Å². The quantitative estimate of drug-likeness (QED) is 0.307. The van der Waals surface area contributed by atoms with Crippen LogP contribution in [0.2, 0.25) is 0 Å². The van der Waals surface area contributed by atoms with Crippen molar-refractivity contribution in [1.29, 1.82) is 0 Å². The van der Waals surface area contributed by atoms with Gasteiger partial charge in [-0.25, -0.2) is 13.2 Å². The smallest absolute Gasteiger partial charge is 0.431 e. The van der Waals surface area contributed by atoms with E-state index in [0.717, 1.165) is 23.2 Å². The molecule has 0 aromatic heterocycles. The molecule has 0 aliphatic carbocycles. The minimum atomic E-state index is -4.97. The summed E-state index contributed by atoms with van der Waals surface area (Å²) in [6.07, 6.45) is -6.17. The molecule has 2 atom stereocenters. The monoisotopic (exact) mass is 431 g/mol. The molecule has 11 heteroatoms. The predicted molar refractivity (Wildman–Crippen MR) is 96.8 cm³/mol. The van der Waals surface area contributed by atoms with Crippen molar-refractivity contribution < 1.29 is 30.9 Å². The van der Waals surface area contributed by atoms with Gasteiger partial charge in [-0.3, -0.25) is 0 Å². The summed E-state index contributed by atoms with van der Waals surface area (Å²) >= 11 is -2.09. The molecule has 1 N–H and O–H groups in total. The summed E-state index contributed by atoms with van der Waals surface area (Å²) in [7, 11) is 2.46. The Labute approximate surface area is 163 Å². The summed E-state index contributed by atoms with van der Waals surface area (Å²) in [5.74, 6) is -2.89.